The Hall–Kier alpha value is -0.920. The van der Waals surface area contributed by atoms with Crippen LogP contribution in [0.25, 0.3) is 0 Å². The topological polar surface area (TPSA) is 81.2 Å². The molecule has 0 saturated carbocycles. The normalized spacial score (nSPS) is 12.3. The molecule has 0 aliphatic heterocycles. The molecule has 1 rings (SSSR count). The molecule has 0 unspecified atom stereocenters. The summed E-state index contributed by atoms with van der Waals surface area (Å²) in [7, 11) is -0.235. The molecule has 0 spiro atoms. The first kappa shape index (κ1) is 12.2. The zero-order chi connectivity index (χ0) is 11.6. The van der Waals surface area contributed by atoms with Crippen molar-refractivity contribution in [1.29, 1.82) is 0 Å². The molecule has 0 aromatic carbocycles. The highest BCUT2D eigenvalue weighted by atomic mass is 32.2. The van der Waals surface area contributed by atoms with Gasteiger partial charge < -0.3 is 10.3 Å². The predicted molar refractivity (Wildman–Crippen MR) is 56.8 cm³/mol. The summed E-state index contributed by atoms with van der Waals surface area (Å²) in [4.78, 5) is 3.98. The third kappa shape index (κ3) is 2.36. The van der Waals surface area contributed by atoms with Crippen LogP contribution in [0, 0.1) is 6.92 Å². The average molecular weight is 232 g/mol. The molecular formula is C8H16N4O2S. The van der Waals surface area contributed by atoms with E-state index >= 15 is 0 Å². The SMILES string of the molecule is Cc1nc(S(=O)(=O)N(C)CCN)cn1C. The minimum Gasteiger partial charge on any atom is -0.337 e. The number of hydrogen-bond acceptors (Lipinski definition) is 4. The number of aryl methyl sites for hydroxylation is 2. The Morgan fingerprint density at radius 1 is 1.60 bits per heavy atom. The number of nitrogens with zero attached hydrogens (tertiary/aromatic N) is 3. The van der Waals surface area contributed by atoms with Crippen LogP contribution in [0.4, 0.5) is 0 Å². The van der Waals surface area contributed by atoms with Gasteiger partial charge in [-0.05, 0) is 6.92 Å². The Kier molecular flexibility index (Phi) is 3.48. The number of imidazole rings is 1. The van der Waals surface area contributed by atoms with Crippen molar-refractivity contribution >= 4 is 10.0 Å². The van der Waals surface area contributed by atoms with E-state index in [0.29, 0.717) is 12.4 Å². The zero-order valence-electron chi connectivity index (χ0n) is 9.14. The molecular weight excluding hydrogens is 216 g/mol. The average Bonchev–Trinajstić information content (AvgIpc) is 2.48. The van der Waals surface area contributed by atoms with E-state index in [1.165, 1.54) is 17.5 Å². The van der Waals surface area contributed by atoms with Crippen LogP contribution < -0.4 is 5.73 Å². The second-order valence-electron chi connectivity index (χ2n) is 3.35. The molecule has 1 heterocycles. The lowest BCUT2D eigenvalue weighted by Gasteiger charge is -2.13. The van der Waals surface area contributed by atoms with E-state index < -0.39 is 10.0 Å². The van der Waals surface area contributed by atoms with Crippen LogP contribution in [0.15, 0.2) is 11.2 Å². The van der Waals surface area contributed by atoms with E-state index in [1.807, 2.05) is 0 Å². The summed E-state index contributed by atoms with van der Waals surface area (Å²) in [5.41, 5.74) is 5.31. The van der Waals surface area contributed by atoms with Crippen LogP contribution >= 0.6 is 0 Å². The Balaban J connectivity index is 3.06. The minimum absolute atomic E-state index is 0.0680. The standard InChI is InChI=1S/C8H16N4O2S/c1-7-10-8(6-11(7)2)15(13,14)12(3)5-4-9/h6H,4-5,9H2,1-3H3. The van der Waals surface area contributed by atoms with Crippen LogP contribution in [0.1, 0.15) is 5.82 Å². The van der Waals surface area contributed by atoms with E-state index in [2.05, 4.69) is 4.98 Å². The quantitative estimate of drug-likeness (QED) is 0.745. The molecule has 0 atom stereocenters. The summed E-state index contributed by atoms with van der Waals surface area (Å²) in [5.74, 6) is 0.662. The first-order chi connectivity index (χ1) is 6.89. The number of aromatic nitrogens is 2. The van der Waals surface area contributed by atoms with Gasteiger partial charge in [0.25, 0.3) is 10.0 Å². The Labute approximate surface area is 89.8 Å². The first-order valence-electron chi connectivity index (χ1n) is 4.56. The lowest BCUT2D eigenvalue weighted by atomic mass is 10.7. The Morgan fingerprint density at radius 2 is 2.20 bits per heavy atom. The highest BCUT2D eigenvalue weighted by Gasteiger charge is 2.23. The summed E-state index contributed by atoms with van der Waals surface area (Å²) in [6.45, 7) is 2.33. The molecule has 0 fully saturated rings. The second kappa shape index (κ2) is 4.30. The van der Waals surface area contributed by atoms with Gasteiger partial charge in [-0.2, -0.15) is 4.31 Å². The molecule has 6 nitrogen and oxygen atoms in total. The summed E-state index contributed by atoms with van der Waals surface area (Å²) in [5, 5.41) is 0.0680. The van der Waals surface area contributed by atoms with Crippen molar-refractivity contribution in [3.63, 3.8) is 0 Å². The van der Waals surface area contributed by atoms with E-state index in [-0.39, 0.29) is 11.6 Å². The largest absolute Gasteiger partial charge is 0.337 e. The molecule has 1 aromatic heterocycles. The third-order valence-corrected chi connectivity index (χ3v) is 3.93. The van der Waals surface area contributed by atoms with E-state index in [4.69, 9.17) is 5.73 Å². The molecule has 2 N–H and O–H groups in total. The fourth-order valence-corrected chi connectivity index (χ4v) is 2.32. The van der Waals surface area contributed by atoms with E-state index in [1.54, 1.807) is 18.5 Å². The van der Waals surface area contributed by atoms with Gasteiger partial charge in [0.2, 0.25) is 0 Å². The molecule has 0 aliphatic carbocycles. The van der Waals surface area contributed by atoms with Crippen molar-refractivity contribution in [3.8, 4) is 0 Å². The predicted octanol–water partition coefficient (Wildman–Crippen LogP) is -0.692. The van der Waals surface area contributed by atoms with E-state index in [0.717, 1.165) is 0 Å². The van der Waals surface area contributed by atoms with Gasteiger partial charge in [-0.15, -0.1) is 0 Å². The molecule has 0 saturated heterocycles. The van der Waals surface area contributed by atoms with Crippen molar-refractivity contribution in [2.45, 2.75) is 11.9 Å². The summed E-state index contributed by atoms with van der Waals surface area (Å²) in [6.07, 6.45) is 1.50. The van der Waals surface area contributed by atoms with Crippen LogP contribution in [0.2, 0.25) is 0 Å². The van der Waals surface area contributed by atoms with Crippen molar-refractivity contribution < 1.29 is 8.42 Å². The maximum absolute atomic E-state index is 11.9. The number of sulfonamides is 1. The first-order valence-corrected chi connectivity index (χ1v) is 6.00. The third-order valence-electron chi connectivity index (χ3n) is 2.21. The number of likely N-dealkylation sites (N-methyl/N-ethyl adjacent to an activating group) is 1. The summed E-state index contributed by atoms with van der Waals surface area (Å²) >= 11 is 0. The minimum atomic E-state index is -3.48. The van der Waals surface area contributed by atoms with Gasteiger partial charge in [-0.25, -0.2) is 13.4 Å². The van der Waals surface area contributed by atoms with E-state index in [9.17, 15) is 8.42 Å². The van der Waals surface area contributed by atoms with Crippen LogP contribution in [0.5, 0.6) is 0 Å². The number of hydrogen-bond donors (Lipinski definition) is 1. The van der Waals surface area contributed by atoms with Crippen LogP contribution in [-0.2, 0) is 17.1 Å². The van der Waals surface area contributed by atoms with Gasteiger partial charge in [0.1, 0.15) is 5.82 Å². The monoisotopic (exact) mass is 232 g/mol. The molecule has 15 heavy (non-hydrogen) atoms. The lowest BCUT2D eigenvalue weighted by Crippen LogP contribution is -2.32. The molecule has 1 aromatic rings. The number of nitrogens with two attached hydrogens (primary N) is 1. The highest BCUT2D eigenvalue weighted by Crippen LogP contribution is 2.12. The van der Waals surface area contributed by atoms with Crippen LogP contribution in [0.3, 0.4) is 0 Å². The molecule has 0 radical (unpaired) electrons. The summed E-state index contributed by atoms with van der Waals surface area (Å²) in [6, 6.07) is 0. The maximum atomic E-state index is 11.9. The Morgan fingerprint density at radius 3 is 2.60 bits per heavy atom. The highest BCUT2D eigenvalue weighted by molar-refractivity contribution is 7.89. The van der Waals surface area contributed by atoms with Crippen LogP contribution in [-0.4, -0.2) is 42.4 Å². The zero-order valence-corrected chi connectivity index (χ0v) is 9.95. The van der Waals surface area contributed by atoms with Crippen molar-refractivity contribution in [2.24, 2.45) is 12.8 Å². The maximum Gasteiger partial charge on any atom is 0.261 e. The van der Waals surface area contributed by atoms with Gasteiger partial charge >= 0.3 is 0 Å². The second-order valence-corrected chi connectivity index (χ2v) is 5.34. The number of rotatable bonds is 4. The van der Waals surface area contributed by atoms with Gasteiger partial charge in [0.05, 0.1) is 0 Å². The molecule has 0 aliphatic rings. The molecule has 0 amide bonds. The molecule has 7 heteroatoms. The van der Waals surface area contributed by atoms with Crippen molar-refractivity contribution in [2.75, 3.05) is 20.1 Å². The van der Waals surface area contributed by atoms with Gasteiger partial charge in [0.15, 0.2) is 5.03 Å². The fraction of sp³-hybridized carbons (Fsp3) is 0.625. The van der Waals surface area contributed by atoms with Gasteiger partial charge in [-0.3, -0.25) is 0 Å². The van der Waals surface area contributed by atoms with Crippen molar-refractivity contribution in [3.05, 3.63) is 12.0 Å². The molecule has 86 valence electrons. The fourth-order valence-electron chi connectivity index (χ4n) is 1.11. The molecule has 0 bridgehead atoms. The van der Waals surface area contributed by atoms with Crippen molar-refractivity contribution in [1.82, 2.24) is 13.9 Å². The van der Waals surface area contributed by atoms with Gasteiger partial charge in [0, 0.05) is 33.4 Å². The Bertz CT molecular complexity index is 418. The smallest absolute Gasteiger partial charge is 0.261 e. The lowest BCUT2D eigenvalue weighted by molar-refractivity contribution is 0.474. The van der Waals surface area contributed by atoms with Gasteiger partial charge in [-0.1, -0.05) is 0 Å². The summed E-state index contributed by atoms with van der Waals surface area (Å²) < 4.78 is 26.6.